The molecule has 2 rings (SSSR count). The lowest BCUT2D eigenvalue weighted by Gasteiger charge is -2.16. The smallest absolute Gasteiger partial charge is 0.305 e. The van der Waals surface area contributed by atoms with E-state index >= 15 is 0 Å². The highest BCUT2D eigenvalue weighted by atomic mass is 32.1. The van der Waals surface area contributed by atoms with Gasteiger partial charge in [0, 0.05) is 16.1 Å². The second-order valence-corrected chi connectivity index (χ2v) is 6.51. The van der Waals surface area contributed by atoms with E-state index in [1.807, 2.05) is 0 Å². The van der Waals surface area contributed by atoms with Crippen LogP contribution in [-0.4, -0.2) is 35.4 Å². The van der Waals surface area contributed by atoms with Gasteiger partial charge in [0.25, 0.3) is 5.91 Å². The standard InChI is InChI=1S/C17H19N5O4S/c18-17(19)21-11-4-1-3-10(7-11)16(26)20-9-14(23)22-12(8-15(24)25)13-5-2-6-27-13/h1-7,12H,8-9H2,(H,20,26)(H,22,23)(H,24,25)(H4,18,19,21). The van der Waals surface area contributed by atoms with Crippen molar-refractivity contribution in [3.8, 4) is 0 Å². The van der Waals surface area contributed by atoms with Gasteiger partial charge < -0.3 is 26.8 Å². The van der Waals surface area contributed by atoms with E-state index in [0.29, 0.717) is 5.69 Å². The van der Waals surface area contributed by atoms with Gasteiger partial charge >= 0.3 is 5.97 Å². The van der Waals surface area contributed by atoms with Gasteiger partial charge in [-0.3, -0.25) is 19.8 Å². The molecule has 1 unspecified atom stereocenters. The predicted molar refractivity (Wildman–Crippen MR) is 102 cm³/mol. The number of carboxylic acids is 1. The van der Waals surface area contributed by atoms with Crippen LogP contribution >= 0.6 is 11.3 Å². The van der Waals surface area contributed by atoms with Crippen molar-refractivity contribution < 1.29 is 19.5 Å². The quantitative estimate of drug-likeness (QED) is 0.293. The molecule has 2 aromatic rings. The monoisotopic (exact) mass is 389 g/mol. The lowest BCUT2D eigenvalue weighted by atomic mass is 10.1. The van der Waals surface area contributed by atoms with Crippen molar-refractivity contribution in [3.63, 3.8) is 0 Å². The number of carbonyl (C=O) groups excluding carboxylic acids is 2. The number of benzene rings is 1. The number of anilines is 1. The number of rotatable bonds is 8. The van der Waals surface area contributed by atoms with Crippen molar-refractivity contribution in [2.45, 2.75) is 12.5 Å². The minimum Gasteiger partial charge on any atom is -0.481 e. The van der Waals surface area contributed by atoms with Gasteiger partial charge in [-0.2, -0.15) is 0 Å². The summed E-state index contributed by atoms with van der Waals surface area (Å²) in [6, 6.07) is 9.15. The molecule has 1 aromatic carbocycles. The molecule has 9 nitrogen and oxygen atoms in total. The average Bonchev–Trinajstić information content (AvgIpc) is 3.13. The molecule has 0 radical (unpaired) electrons. The number of nitrogens with two attached hydrogens (primary N) is 1. The molecular weight excluding hydrogens is 370 g/mol. The number of thiophene rings is 1. The Labute approximate surface area is 159 Å². The average molecular weight is 389 g/mol. The van der Waals surface area contributed by atoms with Crippen LogP contribution in [0.5, 0.6) is 0 Å². The zero-order chi connectivity index (χ0) is 19.8. The Bertz CT molecular complexity index is 838. The number of nitrogens with one attached hydrogen (secondary N) is 4. The molecule has 7 N–H and O–H groups in total. The minimum absolute atomic E-state index is 0.251. The summed E-state index contributed by atoms with van der Waals surface area (Å²) in [5.41, 5.74) is 6.01. The summed E-state index contributed by atoms with van der Waals surface area (Å²) in [4.78, 5) is 36.0. The third-order valence-corrected chi connectivity index (χ3v) is 4.40. The van der Waals surface area contributed by atoms with Gasteiger partial charge in [0.2, 0.25) is 5.91 Å². The first kappa shape index (κ1) is 19.9. The molecule has 1 aromatic heterocycles. The number of aliphatic carboxylic acids is 1. The van der Waals surface area contributed by atoms with Gasteiger partial charge in [0.1, 0.15) is 0 Å². The third kappa shape index (κ3) is 6.44. The molecule has 142 valence electrons. The molecule has 0 saturated heterocycles. The van der Waals surface area contributed by atoms with Crippen molar-refractivity contribution in [1.82, 2.24) is 10.6 Å². The largest absolute Gasteiger partial charge is 0.481 e. The number of hydrogen-bond donors (Lipinski definition) is 6. The minimum atomic E-state index is -1.03. The van der Waals surface area contributed by atoms with E-state index in [1.54, 1.807) is 35.7 Å². The summed E-state index contributed by atoms with van der Waals surface area (Å²) in [6.07, 6.45) is -0.251. The van der Waals surface area contributed by atoms with Crippen LogP contribution in [-0.2, 0) is 9.59 Å². The van der Waals surface area contributed by atoms with Crippen LogP contribution in [0, 0.1) is 5.41 Å². The Morgan fingerprint density at radius 1 is 1.22 bits per heavy atom. The van der Waals surface area contributed by atoms with Crippen LogP contribution in [0.3, 0.4) is 0 Å². The molecule has 0 aliphatic heterocycles. The lowest BCUT2D eigenvalue weighted by Crippen LogP contribution is -2.39. The van der Waals surface area contributed by atoms with Gasteiger partial charge in [0.15, 0.2) is 5.96 Å². The Hall–Kier alpha value is -3.40. The van der Waals surface area contributed by atoms with E-state index in [1.165, 1.54) is 17.4 Å². The maximum absolute atomic E-state index is 12.2. The summed E-state index contributed by atoms with van der Waals surface area (Å²) in [7, 11) is 0. The van der Waals surface area contributed by atoms with Crippen molar-refractivity contribution in [2.75, 3.05) is 11.9 Å². The van der Waals surface area contributed by atoms with Crippen molar-refractivity contribution >= 4 is 40.8 Å². The maximum Gasteiger partial charge on any atom is 0.305 e. The maximum atomic E-state index is 12.2. The van der Waals surface area contributed by atoms with Crippen LogP contribution in [0.4, 0.5) is 5.69 Å². The van der Waals surface area contributed by atoms with Gasteiger partial charge in [-0.25, -0.2) is 0 Å². The molecule has 10 heteroatoms. The van der Waals surface area contributed by atoms with E-state index < -0.39 is 23.8 Å². The number of carbonyl (C=O) groups is 3. The van der Waals surface area contributed by atoms with Crippen LogP contribution in [0.1, 0.15) is 27.7 Å². The molecule has 0 fully saturated rings. The molecule has 0 spiro atoms. The molecule has 2 amide bonds. The van der Waals surface area contributed by atoms with E-state index in [2.05, 4.69) is 16.0 Å². The van der Waals surface area contributed by atoms with Gasteiger partial charge in [-0.15, -0.1) is 11.3 Å². The molecule has 0 aliphatic rings. The van der Waals surface area contributed by atoms with Crippen molar-refractivity contribution in [1.29, 1.82) is 5.41 Å². The Balaban J connectivity index is 1.93. The highest BCUT2D eigenvalue weighted by Crippen LogP contribution is 2.21. The molecule has 1 atom stereocenters. The Morgan fingerprint density at radius 2 is 2.00 bits per heavy atom. The summed E-state index contributed by atoms with van der Waals surface area (Å²) in [6.45, 7) is -0.301. The molecule has 0 saturated carbocycles. The fraction of sp³-hybridized carbons (Fsp3) is 0.176. The number of amides is 2. The SMILES string of the molecule is N=C(N)Nc1cccc(C(=O)NCC(=O)NC(CC(=O)O)c2cccs2)c1. The van der Waals surface area contributed by atoms with Gasteiger partial charge in [-0.05, 0) is 29.6 Å². The Morgan fingerprint density at radius 3 is 2.63 bits per heavy atom. The second kappa shape index (κ2) is 9.34. The number of guanidine groups is 1. The zero-order valence-corrected chi connectivity index (χ0v) is 15.0. The first-order valence-corrected chi connectivity index (χ1v) is 8.77. The summed E-state index contributed by atoms with van der Waals surface area (Å²) in [5.74, 6) is -2.28. The molecule has 1 heterocycles. The second-order valence-electron chi connectivity index (χ2n) is 5.54. The summed E-state index contributed by atoms with van der Waals surface area (Å²) in [5, 5.41) is 25.6. The van der Waals surface area contributed by atoms with Crippen molar-refractivity contribution in [3.05, 3.63) is 52.2 Å². The molecule has 0 aliphatic carbocycles. The third-order valence-electron chi connectivity index (χ3n) is 3.41. The fourth-order valence-corrected chi connectivity index (χ4v) is 3.07. The molecular formula is C17H19N5O4S. The topological polar surface area (TPSA) is 157 Å². The van der Waals surface area contributed by atoms with Crippen LogP contribution < -0.4 is 21.7 Å². The highest BCUT2D eigenvalue weighted by molar-refractivity contribution is 7.10. The molecule has 27 heavy (non-hydrogen) atoms. The number of carboxylic acid groups (broad SMARTS) is 1. The van der Waals surface area contributed by atoms with Gasteiger partial charge in [-0.1, -0.05) is 12.1 Å². The lowest BCUT2D eigenvalue weighted by molar-refractivity contribution is -0.137. The normalized spacial score (nSPS) is 11.3. The first-order chi connectivity index (χ1) is 12.8. The summed E-state index contributed by atoms with van der Waals surface area (Å²) < 4.78 is 0. The van der Waals surface area contributed by atoms with E-state index in [4.69, 9.17) is 16.2 Å². The Kier molecular flexibility index (Phi) is 6.89. The predicted octanol–water partition coefficient (Wildman–Crippen LogP) is 1.12. The van der Waals surface area contributed by atoms with Crippen LogP contribution in [0.25, 0.3) is 0 Å². The van der Waals surface area contributed by atoms with Crippen LogP contribution in [0.15, 0.2) is 41.8 Å². The zero-order valence-electron chi connectivity index (χ0n) is 14.2. The first-order valence-electron chi connectivity index (χ1n) is 7.89. The fourth-order valence-electron chi connectivity index (χ4n) is 2.29. The number of hydrogen-bond acceptors (Lipinski definition) is 5. The highest BCUT2D eigenvalue weighted by Gasteiger charge is 2.19. The van der Waals surface area contributed by atoms with Gasteiger partial charge in [0.05, 0.1) is 19.0 Å². The molecule has 0 bridgehead atoms. The van der Waals surface area contributed by atoms with E-state index in [-0.39, 0.29) is 24.5 Å². The van der Waals surface area contributed by atoms with Crippen molar-refractivity contribution in [2.24, 2.45) is 5.73 Å². The summed E-state index contributed by atoms with van der Waals surface area (Å²) >= 11 is 1.34. The van der Waals surface area contributed by atoms with Crippen LogP contribution in [0.2, 0.25) is 0 Å². The van der Waals surface area contributed by atoms with E-state index in [0.717, 1.165) is 4.88 Å². The van der Waals surface area contributed by atoms with E-state index in [9.17, 15) is 14.4 Å².